The maximum absolute atomic E-state index is 15.4. The number of fused-ring (bicyclic) bond motifs is 6. The minimum atomic E-state index is -1.54. The molecule has 16 heteroatoms. The van der Waals surface area contributed by atoms with Gasteiger partial charge in [0.1, 0.15) is 30.5 Å². The first-order valence-electron chi connectivity index (χ1n) is 19.3. The van der Waals surface area contributed by atoms with E-state index in [1.807, 2.05) is 38.1 Å². The quantitative estimate of drug-likeness (QED) is 0.0963. The summed E-state index contributed by atoms with van der Waals surface area (Å²) >= 11 is 0. The molecule has 306 valence electrons. The van der Waals surface area contributed by atoms with Gasteiger partial charge in [0.05, 0.1) is 50.2 Å². The Morgan fingerprint density at radius 3 is 2.39 bits per heavy atom. The van der Waals surface area contributed by atoms with Gasteiger partial charge in [-0.1, -0.05) is 66.9 Å². The van der Waals surface area contributed by atoms with Crippen LogP contribution in [-0.4, -0.2) is 92.7 Å². The van der Waals surface area contributed by atoms with Crippen LogP contribution in [0, 0.1) is 0 Å². The number of imidazole rings is 2. The Kier molecular flexibility index (Phi) is 12.0. The topological polar surface area (TPSA) is 175 Å². The molecule has 4 amide bonds. The molecule has 4 aromatic carbocycles. The molecule has 59 heavy (non-hydrogen) atoms. The highest BCUT2D eigenvalue weighted by molar-refractivity contribution is 6.07. The van der Waals surface area contributed by atoms with Gasteiger partial charge in [0.25, 0.3) is 5.91 Å². The number of methoxy groups -OCH3 is 2. The lowest BCUT2D eigenvalue weighted by Gasteiger charge is -2.29. The molecule has 0 fully saturated rings. The molecular weight excluding hydrogens is 760 g/mol. The van der Waals surface area contributed by atoms with Crippen molar-refractivity contribution in [1.29, 1.82) is 0 Å². The zero-order valence-electron chi connectivity index (χ0n) is 33.2. The van der Waals surface area contributed by atoms with Crippen LogP contribution in [0.3, 0.4) is 0 Å². The number of benzene rings is 4. The van der Waals surface area contributed by atoms with Gasteiger partial charge in [0.15, 0.2) is 6.04 Å². The number of amides is 4. The fourth-order valence-corrected chi connectivity index (χ4v) is 7.33. The highest BCUT2D eigenvalue weighted by Gasteiger charge is 2.36. The number of nitrogens with zero attached hydrogens (tertiary/aromatic N) is 5. The molecule has 15 nitrogen and oxygen atoms in total. The van der Waals surface area contributed by atoms with E-state index in [1.54, 1.807) is 41.4 Å². The van der Waals surface area contributed by atoms with Crippen LogP contribution < -0.4 is 10.1 Å². The number of rotatable bonds is 14. The average Bonchev–Trinajstić information content (AvgIpc) is 3.91. The second kappa shape index (κ2) is 17.7. The monoisotopic (exact) mass is 804 g/mol. The molecule has 2 aromatic heterocycles. The Morgan fingerprint density at radius 1 is 0.881 bits per heavy atom. The number of ether oxygens (including phenoxy) is 3. The van der Waals surface area contributed by atoms with E-state index >= 15 is 4.48 Å². The maximum Gasteiger partial charge on any atom is 0.438 e. The van der Waals surface area contributed by atoms with Gasteiger partial charge in [-0.3, -0.25) is 9.59 Å². The third-order valence-electron chi connectivity index (χ3n) is 10.2. The van der Waals surface area contributed by atoms with Crippen LogP contribution in [0.1, 0.15) is 55.5 Å². The van der Waals surface area contributed by atoms with Crippen molar-refractivity contribution in [2.24, 2.45) is 0 Å². The first kappa shape index (κ1) is 40.2. The number of carbonyl (C=O) groups excluding carboxylic acids is 4. The van der Waals surface area contributed by atoms with Gasteiger partial charge >= 0.3 is 12.2 Å². The van der Waals surface area contributed by atoms with Crippen molar-refractivity contribution in [2.75, 3.05) is 33.9 Å². The van der Waals surface area contributed by atoms with Crippen LogP contribution in [0.2, 0.25) is 0 Å². The standard InChI is InChI=1S/C43H45FN8O7/c1-5-16-50(38(53)22-46-42(55)57-3)23-36-45-21-34(48-36)28-12-14-30-29(18-28)25-59-35-20-31-27(19-32(30)35)13-15-33-39(31)49-37(47-33)24-51(17-6-2)41(54)40(52(44)43(56)58-4)26-10-8-7-9-11-26/h7-15,18-21,40H,5-6,16-17,22-25H2,1-4H3,(H,45,48)(H,46,55)(H,47,49). The van der Waals surface area contributed by atoms with Crippen LogP contribution in [0.5, 0.6) is 5.75 Å². The van der Waals surface area contributed by atoms with Gasteiger partial charge < -0.3 is 39.3 Å². The third kappa shape index (κ3) is 8.51. The zero-order chi connectivity index (χ0) is 41.6. The van der Waals surface area contributed by atoms with E-state index in [2.05, 4.69) is 47.9 Å². The summed E-state index contributed by atoms with van der Waals surface area (Å²) in [5, 5.41) is 4.07. The molecule has 0 saturated heterocycles. The smallest absolute Gasteiger partial charge is 0.438 e. The van der Waals surface area contributed by atoms with Gasteiger partial charge in [0, 0.05) is 24.0 Å². The number of aromatic nitrogens is 4. The number of aromatic amines is 2. The molecule has 1 aliphatic rings. The largest absolute Gasteiger partial charge is 0.488 e. The maximum atomic E-state index is 15.4. The molecular formula is C43H45FN8O7. The summed E-state index contributed by atoms with van der Waals surface area (Å²) in [7, 11) is 2.31. The molecule has 3 N–H and O–H groups in total. The molecule has 0 radical (unpaired) electrons. The predicted molar refractivity (Wildman–Crippen MR) is 217 cm³/mol. The fourth-order valence-electron chi connectivity index (χ4n) is 7.33. The molecule has 1 aliphatic heterocycles. The van der Waals surface area contributed by atoms with E-state index in [1.165, 1.54) is 12.0 Å². The number of alkyl carbamates (subject to hydrolysis) is 1. The molecule has 0 spiro atoms. The van der Waals surface area contributed by atoms with E-state index in [0.29, 0.717) is 54.6 Å². The van der Waals surface area contributed by atoms with Crippen molar-refractivity contribution in [1.82, 2.24) is 40.2 Å². The molecule has 1 atom stereocenters. The van der Waals surface area contributed by atoms with Crippen molar-refractivity contribution < 1.29 is 37.9 Å². The van der Waals surface area contributed by atoms with E-state index < -0.39 is 24.1 Å². The molecule has 3 heterocycles. The number of halogens is 1. The summed E-state index contributed by atoms with van der Waals surface area (Å²) in [4.78, 5) is 69.7. The predicted octanol–water partition coefficient (Wildman–Crippen LogP) is 7.19. The Balaban J connectivity index is 1.11. The lowest BCUT2D eigenvalue weighted by atomic mass is 9.92. The molecule has 0 bridgehead atoms. The molecule has 7 rings (SSSR count). The SMILES string of the molecule is CCCN(Cc1ncc(-c2ccc3c(c2)COc2cc4c(ccc5[nH]c(CN(CCC)C(=O)C(c6ccccc6)N(F)C(=O)OC)nc54)cc2-3)[nH]1)C(=O)CNC(=O)OC. The normalized spacial score (nSPS) is 12.2. The van der Waals surface area contributed by atoms with Gasteiger partial charge in [0.2, 0.25) is 5.91 Å². The van der Waals surface area contributed by atoms with Gasteiger partial charge in [-0.2, -0.15) is 0 Å². The lowest BCUT2D eigenvalue weighted by Crippen LogP contribution is -2.42. The third-order valence-corrected chi connectivity index (χ3v) is 10.2. The van der Waals surface area contributed by atoms with Crippen LogP contribution in [-0.2, 0) is 38.8 Å². The van der Waals surface area contributed by atoms with Gasteiger partial charge in [-0.05, 0) is 64.7 Å². The molecule has 0 aliphatic carbocycles. The second-order valence-electron chi connectivity index (χ2n) is 14.1. The van der Waals surface area contributed by atoms with E-state index in [4.69, 9.17) is 9.72 Å². The Bertz CT molecular complexity index is 2500. The summed E-state index contributed by atoms with van der Waals surface area (Å²) in [6.07, 6.45) is 1.14. The first-order chi connectivity index (χ1) is 28.6. The van der Waals surface area contributed by atoms with E-state index in [9.17, 15) is 19.2 Å². The molecule has 1 unspecified atom stereocenters. The number of H-pyrrole nitrogens is 2. The minimum Gasteiger partial charge on any atom is -0.488 e. The summed E-state index contributed by atoms with van der Waals surface area (Å²) in [5.41, 5.74) is 6.45. The highest BCUT2D eigenvalue weighted by atomic mass is 19.2. The van der Waals surface area contributed by atoms with E-state index in [0.717, 1.165) is 57.8 Å². The zero-order valence-corrected chi connectivity index (χ0v) is 33.2. The average molecular weight is 805 g/mol. The Hall–Kier alpha value is -6.97. The fraction of sp³-hybridized carbons (Fsp3) is 0.302. The minimum absolute atomic E-state index is 0.0554. The van der Waals surface area contributed by atoms with Crippen molar-refractivity contribution in [3.8, 4) is 28.1 Å². The summed E-state index contributed by atoms with van der Waals surface area (Å²) < 4.78 is 30.9. The van der Waals surface area contributed by atoms with Crippen LogP contribution >= 0.6 is 0 Å². The second-order valence-corrected chi connectivity index (χ2v) is 14.1. The van der Waals surface area contributed by atoms with Crippen LogP contribution in [0.15, 0.2) is 79.0 Å². The van der Waals surface area contributed by atoms with Crippen molar-refractivity contribution in [3.63, 3.8) is 0 Å². The van der Waals surface area contributed by atoms with Crippen LogP contribution in [0.4, 0.5) is 14.1 Å². The Labute approximate surface area is 339 Å². The van der Waals surface area contributed by atoms with Crippen molar-refractivity contribution >= 4 is 45.8 Å². The lowest BCUT2D eigenvalue weighted by molar-refractivity contribution is -0.144. The van der Waals surface area contributed by atoms with Crippen molar-refractivity contribution in [2.45, 2.75) is 52.4 Å². The summed E-state index contributed by atoms with van der Waals surface area (Å²) in [6.45, 7) is 5.17. The van der Waals surface area contributed by atoms with E-state index in [-0.39, 0.29) is 30.7 Å². The molecule has 6 aromatic rings. The van der Waals surface area contributed by atoms with Crippen molar-refractivity contribution in [3.05, 3.63) is 102 Å². The summed E-state index contributed by atoms with van der Waals surface area (Å²) in [5.74, 6) is 0.978. The number of carbonyl (C=O) groups is 4. The number of nitrogens with one attached hydrogen (secondary N) is 3. The Morgan fingerprint density at radius 2 is 1.64 bits per heavy atom. The first-order valence-corrected chi connectivity index (χ1v) is 19.3. The van der Waals surface area contributed by atoms with Gasteiger partial charge in [-0.15, -0.1) is 5.12 Å². The molecule has 0 saturated carbocycles. The highest BCUT2D eigenvalue weighted by Crippen LogP contribution is 2.42. The number of hydrogen-bond donors (Lipinski definition) is 3. The number of hydrogen-bond acceptors (Lipinski definition) is 9. The van der Waals surface area contributed by atoms with Crippen LogP contribution in [0.25, 0.3) is 44.2 Å². The summed E-state index contributed by atoms with van der Waals surface area (Å²) in [6, 6.07) is 20.9. The van der Waals surface area contributed by atoms with Gasteiger partial charge in [-0.25, -0.2) is 19.6 Å².